The Morgan fingerprint density at radius 3 is 1.32 bits per heavy atom. The molecule has 0 aliphatic rings. The maximum absolute atomic E-state index is 12.8. The van der Waals surface area contributed by atoms with Crippen molar-refractivity contribution in [1.82, 2.24) is 0 Å². The number of benzene rings is 2. The van der Waals surface area contributed by atoms with Crippen LogP contribution in [0.4, 0.5) is 10.0 Å². The number of carbonyl (C=O) groups excluding carboxylic acids is 4. The van der Waals surface area contributed by atoms with Crippen LogP contribution in [-0.4, -0.2) is 38.0 Å². The van der Waals surface area contributed by atoms with Crippen LogP contribution in [0.25, 0.3) is 0 Å². The highest BCUT2D eigenvalue weighted by molar-refractivity contribution is 7.17. The van der Waals surface area contributed by atoms with Crippen molar-refractivity contribution in [1.29, 1.82) is 0 Å². The Morgan fingerprint density at radius 2 is 0.977 bits per heavy atom. The minimum absolute atomic E-state index is 0.186. The van der Waals surface area contributed by atoms with Crippen molar-refractivity contribution in [2.24, 2.45) is 0 Å². The first-order chi connectivity index (χ1) is 21.2. The van der Waals surface area contributed by atoms with E-state index in [1.807, 2.05) is 74.5 Å². The summed E-state index contributed by atoms with van der Waals surface area (Å²) in [5.41, 5.74) is 4.53. The second-order valence-electron chi connectivity index (χ2n) is 10.3. The number of esters is 2. The normalized spacial score (nSPS) is 10.7. The lowest BCUT2D eigenvalue weighted by Gasteiger charge is -2.07. The van der Waals surface area contributed by atoms with E-state index in [9.17, 15) is 19.2 Å². The number of hydrogen-bond donors (Lipinski definition) is 2. The maximum atomic E-state index is 12.8. The predicted octanol–water partition coefficient (Wildman–Crippen LogP) is 7.32. The molecule has 2 N–H and O–H groups in total. The first kappa shape index (κ1) is 32.6. The first-order valence-corrected chi connectivity index (χ1v) is 15.9. The van der Waals surface area contributed by atoms with Gasteiger partial charge in [0.2, 0.25) is 11.8 Å². The third-order valence-electron chi connectivity index (χ3n) is 7.25. The van der Waals surface area contributed by atoms with Crippen molar-refractivity contribution in [2.75, 3.05) is 24.9 Å². The lowest BCUT2D eigenvalue weighted by atomic mass is 10.1. The lowest BCUT2D eigenvalue weighted by molar-refractivity contribution is -0.118. The van der Waals surface area contributed by atoms with Gasteiger partial charge < -0.3 is 20.1 Å². The molecule has 2 aromatic heterocycles. The van der Waals surface area contributed by atoms with Gasteiger partial charge in [0.25, 0.3) is 0 Å². The fraction of sp³-hybridized carbons (Fsp3) is 0.294. The molecule has 0 aliphatic carbocycles. The van der Waals surface area contributed by atoms with Crippen LogP contribution in [0.1, 0.15) is 78.4 Å². The van der Waals surface area contributed by atoms with Crippen LogP contribution in [0.2, 0.25) is 0 Å². The molecule has 8 nitrogen and oxygen atoms in total. The Morgan fingerprint density at radius 1 is 0.614 bits per heavy atom. The SMILES string of the molecule is COC(=O)c1c(NC(=O)CCCCC(=O)Nc2sc(Cc3ccccc3)c(C)c2C(=O)OC)sc(Cc2ccccc2)c1C. The summed E-state index contributed by atoms with van der Waals surface area (Å²) in [5, 5.41) is 6.71. The van der Waals surface area contributed by atoms with Crippen LogP contribution < -0.4 is 10.6 Å². The van der Waals surface area contributed by atoms with E-state index in [0.717, 1.165) is 32.0 Å². The molecule has 2 amide bonds. The van der Waals surface area contributed by atoms with Crippen molar-refractivity contribution >= 4 is 56.4 Å². The van der Waals surface area contributed by atoms with Crippen molar-refractivity contribution in [3.8, 4) is 0 Å². The maximum Gasteiger partial charge on any atom is 0.341 e. The van der Waals surface area contributed by atoms with Gasteiger partial charge in [0.15, 0.2) is 0 Å². The minimum atomic E-state index is -0.493. The number of ether oxygens (including phenoxy) is 2. The Kier molecular flexibility index (Phi) is 11.5. The van der Waals surface area contributed by atoms with E-state index in [4.69, 9.17) is 9.47 Å². The van der Waals surface area contributed by atoms with Crippen molar-refractivity contribution < 1.29 is 28.7 Å². The molecular formula is C34H36N2O6S2. The molecule has 0 saturated heterocycles. The molecule has 4 aromatic rings. The van der Waals surface area contributed by atoms with Crippen LogP contribution in [0.5, 0.6) is 0 Å². The topological polar surface area (TPSA) is 111 Å². The molecule has 230 valence electrons. The standard InChI is InChI=1S/C34H36N2O6S2/c1-21-25(19-23-13-7-5-8-14-23)43-31(29(21)33(39)41-3)35-27(37)17-11-12-18-28(38)36-32-30(34(40)42-4)22(2)26(44-32)20-24-15-9-6-10-16-24/h5-10,13-16H,11-12,17-20H2,1-4H3,(H,35,37)(H,36,38). The van der Waals surface area contributed by atoms with Crippen molar-refractivity contribution in [2.45, 2.75) is 52.4 Å². The Balaban J connectivity index is 1.33. The number of rotatable bonds is 13. The number of carbonyl (C=O) groups is 4. The van der Waals surface area contributed by atoms with Gasteiger partial charge in [-0.3, -0.25) is 9.59 Å². The van der Waals surface area contributed by atoms with Gasteiger partial charge in [0.05, 0.1) is 25.3 Å². The van der Waals surface area contributed by atoms with Gasteiger partial charge in [0, 0.05) is 35.4 Å². The number of thiophene rings is 2. The second kappa shape index (κ2) is 15.4. The van der Waals surface area contributed by atoms with E-state index in [1.54, 1.807) is 0 Å². The molecule has 0 bridgehead atoms. The number of amides is 2. The van der Waals surface area contributed by atoms with Crippen molar-refractivity contribution in [3.05, 3.63) is 104 Å². The van der Waals surface area contributed by atoms with E-state index in [1.165, 1.54) is 36.9 Å². The summed E-state index contributed by atoms with van der Waals surface area (Å²) < 4.78 is 9.98. The Hall–Kier alpha value is -4.28. The summed E-state index contributed by atoms with van der Waals surface area (Å²) in [6.07, 6.45) is 2.60. The molecule has 4 rings (SSSR count). The molecule has 0 unspecified atom stereocenters. The van der Waals surface area contributed by atoms with Crippen LogP contribution in [-0.2, 0) is 31.9 Å². The summed E-state index contributed by atoms with van der Waals surface area (Å²) in [7, 11) is 2.64. The number of anilines is 2. The van der Waals surface area contributed by atoms with Crippen LogP contribution in [0.15, 0.2) is 60.7 Å². The highest BCUT2D eigenvalue weighted by Crippen LogP contribution is 2.36. The fourth-order valence-electron chi connectivity index (χ4n) is 4.84. The zero-order valence-electron chi connectivity index (χ0n) is 25.3. The van der Waals surface area contributed by atoms with Gasteiger partial charge in [0.1, 0.15) is 10.0 Å². The lowest BCUT2D eigenvalue weighted by Crippen LogP contribution is -2.15. The second-order valence-corrected chi connectivity index (χ2v) is 12.5. The number of unbranched alkanes of at least 4 members (excludes halogenated alkanes) is 1. The van der Waals surface area contributed by atoms with Crippen LogP contribution in [0, 0.1) is 13.8 Å². The van der Waals surface area contributed by atoms with E-state index in [0.29, 0.717) is 46.8 Å². The van der Waals surface area contributed by atoms with E-state index in [2.05, 4.69) is 10.6 Å². The van der Waals surface area contributed by atoms with E-state index < -0.39 is 11.9 Å². The Bertz CT molecular complexity index is 1500. The molecule has 2 aromatic carbocycles. The molecule has 2 heterocycles. The molecular weight excluding hydrogens is 597 g/mol. The van der Waals surface area contributed by atoms with Gasteiger partial charge in [-0.05, 0) is 48.9 Å². The molecule has 0 fully saturated rings. The minimum Gasteiger partial charge on any atom is -0.465 e. The molecule has 0 aliphatic heterocycles. The zero-order chi connectivity index (χ0) is 31.6. The average Bonchev–Trinajstić information content (AvgIpc) is 3.49. The molecule has 0 atom stereocenters. The largest absolute Gasteiger partial charge is 0.465 e. The van der Waals surface area contributed by atoms with Gasteiger partial charge in [-0.1, -0.05) is 60.7 Å². The predicted molar refractivity (Wildman–Crippen MR) is 175 cm³/mol. The number of nitrogens with one attached hydrogen (secondary N) is 2. The van der Waals surface area contributed by atoms with Gasteiger partial charge in [-0.15, -0.1) is 22.7 Å². The molecule has 0 spiro atoms. The summed E-state index contributed by atoms with van der Waals surface area (Å²) >= 11 is 2.75. The van der Waals surface area contributed by atoms with E-state index >= 15 is 0 Å². The van der Waals surface area contributed by atoms with Crippen molar-refractivity contribution in [3.63, 3.8) is 0 Å². The molecule has 10 heteroatoms. The highest BCUT2D eigenvalue weighted by Gasteiger charge is 2.25. The third kappa shape index (κ3) is 8.21. The summed E-state index contributed by atoms with van der Waals surface area (Å²) in [6.45, 7) is 3.72. The van der Waals surface area contributed by atoms with E-state index in [-0.39, 0.29) is 24.7 Å². The Labute approximate surface area is 265 Å². The van der Waals surface area contributed by atoms with Gasteiger partial charge in [-0.25, -0.2) is 9.59 Å². The first-order valence-electron chi connectivity index (χ1n) is 14.3. The number of hydrogen-bond acceptors (Lipinski definition) is 8. The zero-order valence-corrected chi connectivity index (χ0v) is 26.9. The molecule has 0 saturated carbocycles. The van der Waals surface area contributed by atoms with Crippen LogP contribution in [0.3, 0.4) is 0 Å². The third-order valence-corrected chi connectivity index (χ3v) is 9.66. The van der Waals surface area contributed by atoms with Gasteiger partial charge in [-0.2, -0.15) is 0 Å². The molecule has 0 radical (unpaired) electrons. The number of methoxy groups -OCH3 is 2. The monoisotopic (exact) mass is 632 g/mol. The summed E-state index contributed by atoms with van der Waals surface area (Å²) in [6, 6.07) is 19.8. The van der Waals surface area contributed by atoms with Crippen LogP contribution >= 0.6 is 22.7 Å². The smallest absolute Gasteiger partial charge is 0.341 e. The summed E-state index contributed by atoms with van der Waals surface area (Å²) in [4.78, 5) is 52.7. The summed E-state index contributed by atoms with van der Waals surface area (Å²) in [5.74, 6) is -1.47. The van der Waals surface area contributed by atoms with Gasteiger partial charge >= 0.3 is 11.9 Å². The average molecular weight is 633 g/mol. The quantitative estimate of drug-likeness (QED) is 0.118. The fourth-order valence-corrected chi connectivity index (χ4v) is 7.33. The molecule has 44 heavy (non-hydrogen) atoms. The highest BCUT2D eigenvalue weighted by atomic mass is 32.1.